The van der Waals surface area contributed by atoms with Gasteiger partial charge in [-0.3, -0.25) is 4.79 Å². The van der Waals surface area contributed by atoms with Crippen LogP contribution in [0, 0.1) is 5.41 Å². The van der Waals surface area contributed by atoms with E-state index in [1.54, 1.807) is 25.3 Å². The fourth-order valence-electron chi connectivity index (χ4n) is 3.30. The number of rotatable bonds is 8. The first-order valence-electron chi connectivity index (χ1n) is 10.6. The molecule has 0 bridgehead atoms. The third kappa shape index (κ3) is 4.95. The van der Waals surface area contributed by atoms with Crippen LogP contribution in [0.25, 0.3) is 5.65 Å². The van der Waals surface area contributed by atoms with Crippen molar-refractivity contribution in [1.29, 1.82) is 5.41 Å². The first-order chi connectivity index (χ1) is 14.7. The Balaban J connectivity index is 1.92. The molecule has 0 radical (unpaired) electrons. The molecule has 0 amide bonds. The van der Waals surface area contributed by atoms with Crippen LogP contribution in [0.5, 0.6) is 11.6 Å². The molecule has 0 spiro atoms. The Morgan fingerprint density at radius 1 is 1.23 bits per heavy atom. The first-order valence-corrected chi connectivity index (χ1v) is 10.6. The minimum Gasteiger partial charge on any atom is -0.497 e. The van der Waals surface area contributed by atoms with E-state index < -0.39 is 0 Å². The summed E-state index contributed by atoms with van der Waals surface area (Å²) in [6.07, 6.45) is 1.82. The SMILES string of the molecule is CCC(CC)Oc1ccc2n(n1)c(=N)[n-][n+]2CC(=O)c1cc(OC)cc(C(C)(C)C)c1. The smallest absolute Gasteiger partial charge is 0.317 e. The van der Waals surface area contributed by atoms with Crippen LogP contribution >= 0.6 is 0 Å². The van der Waals surface area contributed by atoms with Gasteiger partial charge in [-0.25, -0.2) is 0 Å². The third-order valence-corrected chi connectivity index (χ3v) is 5.29. The van der Waals surface area contributed by atoms with E-state index in [1.165, 1.54) is 9.20 Å². The van der Waals surface area contributed by atoms with Crippen LogP contribution in [-0.4, -0.2) is 28.6 Å². The Morgan fingerprint density at radius 3 is 2.55 bits per heavy atom. The van der Waals surface area contributed by atoms with Gasteiger partial charge < -0.3 is 14.9 Å². The molecule has 31 heavy (non-hydrogen) atoms. The average molecular weight is 426 g/mol. The van der Waals surface area contributed by atoms with Gasteiger partial charge in [-0.1, -0.05) is 39.1 Å². The van der Waals surface area contributed by atoms with Crippen molar-refractivity contribution in [3.8, 4) is 11.6 Å². The summed E-state index contributed by atoms with van der Waals surface area (Å²) in [5, 5.41) is 16.7. The zero-order chi connectivity index (χ0) is 22.8. The van der Waals surface area contributed by atoms with E-state index >= 15 is 0 Å². The van der Waals surface area contributed by atoms with E-state index in [-0.39, 0.29) is 29.5 Å². The van der Waals surface area contributed by atoms with Crippen LogP contribution in [0.3, 0.4) is 0 Å². The molecular weight excluding hydrogens is 394 g/mol. The second-order valence-corrected chi connectivity index (χ2v) is 8.60. The number of hydrogen-bond donors (Lipinski definition) is 1. The molecular formula is C23H31N5O3. The predicted molar refractivity (Wildman–Crippen MR) is 116 cm³/mol. The van der Waals surface area contributed by atoms with E-state index in [9.17, 15) is 4.79 Å². The molecule has 0 aliphatic rings. The lowest BCUT2D eigenvalue weighted by Gasteiger charge is -2.20. The summed E-state index contributed by atoms with van der Waals surface area (Å²) in [5.74, 6) is 0.960. The average Bonchev–Trinajstić information content (AvgIpc) is 3.05. The lowest BCUT2D eigenvalue weighted by atomic mass is 9.85. The lowest BCUT2D eigenvalue weighted by molar-refractivity contribution is -0.721. The maximum atomic E-state index is 13.1. The van der Waals surface area contributed by atoms with Crippen LogP contribution in [0.1, 0.15) is 63.4 Å². The summed E-state index contributed by atoms with van der Waals surface area (Å²) in [6, 6.07) is 9.10. The number of ketones is 1. The zero-order valence-corrected chi connectivity index (χ0v) is 19.1. The van der Waals surface area contributed by atoms with Crippen molar-refractivity contribution in [2.45, 2.75) is 65.5 Å². The number of carbonyl (C=O) groups excluding carboxylic acids is 1. The van der Waals surface area contributed by atoms with Gasteiger partial charge in [-0.2, -0.15) is 9.78 Å². The molecule has 8 heteroatoms. The summed E-state index contributed by atoms with van der Waals surface area (Å²) in [7, 11) is 1.59. The number of fused-ring (bicyclic) bond motifs is 1. The Kier molecular flexibility index (Phi) is 6.48. The van der Waals surface area contributed by atoms with Crippen molar-refractivity contribution in [3.63, 3.8) is 0 Å². The minimum absolute atomic E-state index is 0.00639. The van der Waals surface area contributed by atoms with Gasteiger partial charge in [0.2, 0.25) is 11.4 Å². The largest absolute Gasteiger partial charge is 0.497 e. The van der Waals surface area contributed by atoms with Crippen LogP contribution in [0.4, 0.5) is 0 Å². The number of methoxy groups -OCH3 is 1. The molecule has 0 saturated heterocycles. The Bertz CT molecular complexity index is 1140. The fraction of sp³-hybridized carbons (Fsp3) is 0.478. The fourth-order valence-corrected chi connectivity index (χ4v) is 3.30. The summed E-state index contributed by atoms with van der Waals surface area (Å²) in [6.45, 7) is 10.4. The number of Topliss-reactive ketones (excluding diaryl/α,β-unsaturated/α-hetero) is 1. The number of aromatic nitrogens is 4. The molecule has 0 fully saturated rings. The van der Waals surface area contributed by atoms with Crippen molar-refractivity contribution >= 4 is 11.4 Å². The Hall–Kier alpha value is -3.16. The molecule has 166 valence electrons. The van der Waals surface area contributed by atoms with Crippen LogP contribution in [0.15, 0.2) is 30.3 Å². The van der Waals surface area contributed by atoms with Gasteiger partial charge in [-0.05, 0) is 47.1 Å². The predicted octanol–water partition coefficient (Wildman–Crippen LogP) is 2.81. The zero-order valence-electron chi connectivity index (χ0n) is 19.1. The molecule has 0 atom stereocenters. The van der Waals surface area contributed by atoms with E-state index in [0.717, 1.165) is 18.4 Å². The van der Waals surface area contributed by atoms with Crippen LogP contribution in [0.2, 0.25) is 0 Å². The summed E-state index contributed by atoms with van der Waals surface area (Å²) >= 11 is 0. The number of ether oxygens (including phenoxy) is 2. The maximum Gasteiger partial charge on any atom is 0.317 e. The molecule has 3 rings (SSSR count). The summed E-state index contributed by atoms with van der Waals surface area (Å²) < 4.78 is 14.1. The van der Waals surface area contributed by atoms with Gasteiger partial charge in [0.1, 0.15) is 11.9 Å². The van der Waals surface area contributed by atoms with Crippen LogP contribution < -0.4 is 24.9 Å². The molecule has 0 aliphatic heterocycles. The quantitative estimate of drug-likeness (QED) is 0.442. The monoisotopic (exact) mass is 425 g/mol. The molecule has 2 aromatic heterocycles. The molecule has 8 nitrogen and oxygen atoms in total. The second kappa shape index (κ2) is 8.91. The molecule has 0 aliphatic carbocycles. The van der Waals surface area contributed by atoms with Gasteiger partial charge >= 0.3 is 5.65 Å². The number of hydrogen-bond acceptors (Lipinski definition) is 5. The van der Waals surface area contributed by atoms with Crippen LogP contribution in [-0.2, 0) is 12.0 Å². The molecule has 1 aromatic carbocycles. The van der Waals surface area contributed by atoms with E-state index in [4.69, 9.17) is 14.9 Å². The molecule has 0 unspecified atom stereocenters. The standard InChI is InChI=1S/C23H31N5O3/c1-7-17(8-2)31-20-9-10-21-27(26-22(24)28(21)25-20)14-19(29)15-11-16(23(3,4)5)13-18(12-15)30-6/h9-13,17,24H,7-8,14H2,1-6H3. The molecule has 1 N–H and O–H groups in total. The summed E-state index contributed by atoms with van der Waals surface area (Å²) in [4.78, 5) is 13.1. The van der Waals surface area contributed by atoms with Gasteiger partial charge in [0.25, 0.3) is 5.88 Å². The van der Waals surface area contributed by atoms with Crippen molar-refractivity contribution < 1.29 is 19.0 Å². The van der Waals surface area contributed by atoms with Crippen molar-refractivity contribution in [3.05, 3.63) is 47.1 Å². The minimum atomic E-state index is -0.124. The van der Waals surface area contributed by atoms with E-state index in [2.05, 4.69) is 44.8 Å². The number of nitrogens with one attached hydrogen (secondary N) is 1. The third-order valence-electron chi connectivity index (χ3n) is 5.29. The Morgan fingerprint density at radius 2 is 1.94 bits per heavy atom. The van der Waals surface area contributed by atoms with Crippen molar-refractivity contribution in [2.75, 3.05) is 7.11 Å². The highest BCUT2D eigenvalue weighted by molar-refractivity contribution is 5.95. The van der Waals surface area contributed by atoms with Gasteiger partial charge in [0.05, 0.1) is 7.11 Å². The highest BCUT2D eigenvalue weighted by Gasteiger charge is 2.21. The highest BCUT2D eigenvalue weighted by atomic mass is 16.5. The number of benzene rings is 1. The maximum absolute atomic E-state index is 13.1. The van der Waals surface area contributed by atoms with Crippen molar-refractivity contribution in [1.82, 2.24) is 14.7 Å². The lowest BCUT2D eigenvalue weighted by Crippen LogP contribution is -2.43. The normalized spacial score (nSPS) is 11.8. The highest BCUT2D eigenvalue weighted by Crippen LogP contribution is 2.27. The first kappa shape index (κ1) is 22.5. The summed E-state index contributed by atoms with van der Waals surface area (Å²) in [5.41, 5.74) is 1.93. The van der Waals surface area contributed by atoms with Gasteiger partial charge in [0.15, 0.2) is 6.54 Å². The second-order valence-electron chi connectivity index (χ2n) is 8.60. The molecule has 0 saturated carbocycles. The Labute approximate surface area is 182 Å². The molecule has 2 heterocycles. The number of carbonyl (C=O) groups is 1. The number of nitrogens with zero attached hydrogens (tertiary/aromatic N) is 4. The van der Waals surface area contributed by atoms with E-state index in [1.807, 2.05) is 12.1 Å². The molecule has 3 aromatic rings. The topological polar surface area (TPSA) is 94.7 Å². The van der Waals surface area contributed by atoms with Gasteiger partial charge in [0, 0.05) is 17.7 Å². The van der Waals surface area contributed by atoms with Crippen molar-refractivity contribution in [2.24, 2.45) is 0 Å². The van der Waals surface area contributed by atoms with E-state index in [0.29, 0.717) is 22.8 Å². The van der Waals surface area contributed by atoms with Gasteiger partial charge in [-0.15, -0.1) is 0 Å².